The highest BCUT2D eigenvalue weighted by atomic mass is 16.5. The van der Waals surface area contributed by atoms with Crippen molar-refractivity contribution in [1.29, 1.82) is 0 Å². The molecule has 0 radical (unpaired) electrons. The molecule has 0 aliphatic rings. The minimum atomic E-state index is -0.0449. The maximum Gasteiger partial charge on any atom is 0.191 e. The summed E-state index contributed by atoms with van der Waals surface area (Å²) >= 11 is 0. The minimum absolute atomic E-state index is 0.0449. The van der Waals surface area contributed by atoms with Gasteiger partial charge in [-0.1, -0.05) is 12.1 Å². The van der Waals surface area contributed by atoms with Crippen molar-refractivity contribution in [2.45, 2.75) is 19.6 Å². The predicted octanol–water partition coefficient (Wildman–Crippen LogP) is 1.56. The number of aryl methyl sites for hydroxylation is 1. The second-order valence-corrected chi connectivity index (χ2v) is 5.33. The summed E-state index contributed by atoms with van der Waals surface area (Å²) in [4.78, 5) is 4.21. The Morgan fingerprint density at radius 3 is 2.62 bits per heavy atom. The van der Waals surface area contributed by atoms with Crippen LogP contribution in [0.4, 0.5) is 0 Å². The third-order valence-electron chi connectivity index (χ3n) is 3.54. The van der Waals surface area contributed by atoms with Crippen LogP contribution in [-0.2, 0) is 13.6 Å². The normalized spacial score (nSPS) is 12.6. The molecule has 2 N–H and O–H groups in total. The topological polar surface area (TPSA) is 72.7 Å². The van der Waals surface area contributed by atoms with Crippen LogP contribution in [0.25, 0.3) is 0 Å². The number of aromatic nitrogens is 2. The summed E-state index contributed by atoms with van der Waals surface area (Å²) in [5.41, 5.74) is 1.08. The summed E-state index contributed by atoms with van der Waals surface area (Å²) < 4.78 is 13.0. The van der Waals surface area contributed by atoms with Gasteiger partial charge in [0.1, 0.15) is 6.10 Å². The zero-order valence-corrected chi connectivity index (χ0v) is 14.6. The molecular formula is C17H25N5O2. The lowest BCUT2D eigenvalue weighted by Gasteiger charge is -2.19. The molecule has 1 heterocycles. The summed E-state index contributed by atoms with van der Waals surface area (Å²) in [5, 5.41) is 10.6. The van der Waals surface area contributed by atoms with E-state index in [1.807, 2.05) is 49.0 Å². The van der Waals surface area contributed by atoms with Gasteiger partial charge in [-0.3, -0.25) is 9.67 Å². The second-order valence-electron chi connectivity index (χ2n) is 5.33. The Labute approximate surface area is 142 Å². The predicted molar refractivity (Wildman–Crippen MR) is 94.5 cm³/mol. The first kappa shape index (κ1) is 17.7. The lowest BCUT2D eigenvalue weighted by molar-refractivity contribution is 0.213. The molecule has 2 rings (SSSR count). The Hall–Kier alpha value is -2.70. The van der Waals surface area contributed by atoms with Gasteiger partial charge in [0.2, 0.25) is 0 Å². The molecule has 1 unspecified atom stereocenters. The quantitative estimate of drug-likeness (QED) is 0.595. The SMILES string of the molecule is CN=C(NCc1ccnn1C)NCC(C)Oc1ccccc1OC. The summed E-state index contributed by atoms with van der Waals surface area (Å²) in [7, 11) is 5.29. The second kappa shape index (κ2) is 8.81. The zero-order valence-electron chi connectivity index (χ0n) is 14.6. The molecular weight excluding hydrogens is 306 g/mol. The largest absolute Gasteiger partial charge is 0.493 e. The summed E-state index contributed by atoms with van der Waals surface area (Å²) in [6.45, 7) is 3.26. The van der Waals surface area contributed by atoms with Gasteiger partial charge >= 0.3 is 0 Å². The van der Waals surface area contributed by atoms with Gasteiger partial charge in [0.15, 0.2) is 17.5 Å². The van der Waals surface area contributed by atoms with E-state index in [4.69, 9.17) is 9.47 Å². The molecule has 130 valence electrons. The number of hydrogen-bond acceptors (Lipinski definition) is 4. The Morgan fingerprint density at radius 1 is 1.25 bits per heavy atom. The highest BCUT2D eigenvalue weighted by Gasteiger charge is 2.09. The highest BCUT2D eigenvalue weighted by molar-refractivity contribution is 5.79. The molecule has 1 aromatic heterocycles. The van der Waals surface area contributed by atoms with Crippen LogP contribution in [0.3, 0.4) is 0 Å². The van der Waals surface area contributed by atoms with E-state index in [1.54, 1.807) is 20.4 Å². The summed E-state index contributed by atoms with van der Waals surface area (Å²) in [5.74, 6) is 2.17. The number of guanidine groups is 1. The van der Waals surface area contributed by atoms with Crippen LogP contribution in [0.5, 0.6) is 11.5 Å². The van der Waals surface area contributed by atoms with Crippen molar-refractivity contribution in [3.05, 3.63) is 42.2 Å². The van der Waals surface area contributed by atoms with Gasteiger partial charge in [-0.05, 0) is 25.1 Å². The smallest absolute Gasteiger partial charge is 0.191 e. The molecule has 0 fully saturated rings. The fourth-order valence-corrected chi connectivity index (χ4v) is 2.18. The van der Waals surface area contributed by atoms with Gasteiger partial charge in [0.05, 0.1) is 25.9 Å². The highest BCUT2D eigenvalue weighted by Crippen LogP contribution is 2.26. The van der Waals surface area contributed by atoms with E-state index in [1.165, 1.54) is 0 Å². The van der Waals surface area contributed by atoms with Crippen molar-refractivity contribution in [1.82, 2.24) is 20.4 Å². The molecule has 0 aliphatic carbocycles. The summed E-state index contributed by atoms with van der Waals surface area (Å²) in [6, 6.07) is 9.58. The first-order valence-corrected chi connectivity index (χ1v) is 7.85. The molecule has 0 aliphatic heterocycles. The monoisotopic (exact) mass is 331 g/mol. The Morgan fingerprint density at radius 2 is 2.00 bits per heavy atom. The number of ether oxygens (including phenoxy) is 2. The van der Waals surface area contributed by atoms with Crippen molar-refractivity contribution in [3.63, 3.8) is 0 Å². The van der Waals surface area contributed by atoms with Gasteiger partial charge in [-0.15, -0.1) is 0 Å². The fourth-order valence-electron chi connectivity index (χ4n) is 2.18. The molecule has 1 aromatic carbocycles. The molecule has 0 saturated carbocycles. The molecule has 0 spiro atoms. The first-order chi connectivity index (χ1) is 11.6. The Bertz CT molecular complexity index is 669. The van der Waals surface area contributed by atoms with Gasteiger partial charge in [0, 0.05) is 20.3 Å². The number of rotatable bonds is 7. The average Bonchev–Trinajstić information content (AvgIpc) is 3.00. The third kappa shape index (κ3) is 4.91. The molecule has 7 nitrogen and oxygen atoms in total. The number of methoxy groups -OCH3 is 1. The molecule has 1 atom stereocenters. The fraction of sp³-hybridized carbons (Fsp3) is 0.412. The molecule has 24 heavy (non-hydrogen) atoms. The van der Waals surface area contributed by atoms with Crippen LogP contribution < -0.4 is 20.1 Å². The number of hydrogen-bond donors (Lipinski definition) is 2. The van der Waals surface area contributed by atoms with Crippen LogP contribution >= 0.6 is 0 Å². The Balaban J connectivity index is 1.81. The lowest BCUT2D eigenvalue weighted by atomic mass is 10.3. The van der Waals surface area contributed by atoms with Crippen LogP contribution in [0.2, 0.25) is 0 Å². The number of nitrogens with zero attached hydrogens (tertiary/aromatic N) is 3. The van der Waals surface area contributed by atoms with Gasteiger partial charge in [-0.25, -0.2) is 0 Å². The standard InChI is InChI=1S/C17H25N5O2/c1-13(24-16-8-6-5-7-15(16)23-4)11-19-17(18-2)20-12-14-9-10-21-22(14)3/h5-10,13H,11-12H2,1-4H3,(H2,18,19,20). The first-order valence-electron chi connectivity index (χ1n) is 7.85. The lowest BCUT2D eigenvalue weighted by Crippen LogP contribution is -2.41. The van der Waals surface area contributed by atoms with Crippen molar-refractivity contribution in [2.24, 2.45) is 12.0 Å². The number of benzene rings is 1. The summed E-state index contributed by atoms with van der Waals surface area (Å²) in [6.07, 6.45) is 1.73. The molecule has 2 aromatic rings. The van der Waals surface area contributed by atoms with Crippen LogP contribution in [-0.4, -0.2) is 42.5 Å². The van der Waals surface area contributed by atoms with Crippen molar-refractivity contribution in [3.8, 4) is 11.5 Å². The van der Waals surface area contributed by atoms with E-state index in [9.17, 15) is 0 Å². The van der Waals surface area contributed by atoms with Crippen molar-refractivity contribution < 1.29 is 9.47 Å². The molecule has 0 amide bonds. The van der Waals surface area contributed by atoms with Crippen LogP contribution in [0.1, 0.15) is 12.6 Å². The van der Waals surface area contributed by atoms with E-state index < -0.39 is 0 Å². The molecule has 7 heteroatoms. The van der Waals surface area contributed by atoms with E-state index >= 15 is 0 Å². The van der Waals surface area contributed by atoms with E-state index in [-0.39, 0.29) is 6.10 Å². The van der Waals surface area contributed by atoms with Crippen LogP contribution in [0, 0.1) is 0 Å². The van der Waals surface area contributed by atoms with Gasteiger partial charge in [-0.2, -0.15) is 5.10 Å². The number of para-hydroxylation sites is 2. The van der Waals surface area contributed by atoms with E-state index in [0.717, 1.165) is 17.2 Å². The molecule has 0 bridgehead atoms. The minimum Gasteiger partial charge on any atom is -0.493 e. The Kier molecular flexibility index (Phi) is 6.48. The van der Waals surface area contributed by atoms with Gasteiger partial charge < -0.3 is 20.1 Å². The van der Waals surface area contributed by atoms with E-state index in [0.29, 0.717) is 19.0 Å². The van der Waals surface area contributed by atoms with Crippen molar-refractivity contribution >= 4 is 5.96 Å². The van der Waals surface area contributed by atoms with Crippen LogP contribution in [0.15, 0.2) is 41.5 Å². The number of aliphatic imine (C=N–C) groups is 1. The third-order valence-corrected chi connectivity index (χ3v) is 3.54. The van der Waals surface area contributed by atoms with Gasteiger partial charge in [0.25, 0.3) is 0 Å². The van der Waals surface area contributed by atoms with Crippen molar-refractivity contribution in [2.75, 3.05) is 20.7 Å². The maximum absolute atomic E-state index is 5.92. The zero-order chi connectivity index (χ0) is 17.4. The number of nitrogens with one attached hydrogen (secondary N) is 2. The molecule has 0 saturated heterocycles. The average molecular weight is 331 g/mol. The van der Waals surface area contributed by atoms with E-state index in [2.05, 4.69) is 20.7 Å². The maximum atomic E-state index is 5.92.